The van der Waals surface area contributed by atoms with Crippen molar-refractivity contribution in [2.24, 2.45) is 5.92 Å². The Hall–Kier alpha value is -1.10. The van der Waals surface area contributed by atoms with Crippen molar-refractivity contribution in [1.29, 1.82) is 0 Å². The second kappa shape index (κ2) is 7.78. The quantitative estimate of drug-likeness (QED) is 0.833. The summed E-state index contributed by atoms with van der Waals surface area (Å²) in [6.45, 7) is 7.48. The molecule has 21 heavy (non-hydrogen) atoms. The van der Waals surface area contributed by atoms with Crippen molar-refractivity contribution in [3.05, 3.63) is 5.89 Å². The van der Waals surface area contributed by atoms with Gasteiger partial charge in [-0.05, 0) is 51.5 Å². The van der Waals surface area contributed by atoms with Gasteiger partial charge in [-0.3, -0.25) is 0 Å². The molecule has 1 aliphatic rings. The first-order valence-electron chi connectivity index (χ1n) is 8.45. The predicted molar refractivity (Wildman–Crippen MR) is 85.4 cm³/mol. The molecule has 1 unspecified atom stereocenters. The van der Waals surface area contributed by atoms with Crippen LogP contribution in [0.1, 0.15) is 71.2 Å². The van der Waals surface area contributed by atoms with Gasteiger partial charge in [0.15, 0.2) is 0 Å². The number of anilines is 1. The summed E-state index contributed by atoms with van der Waals surface area (Å²) < 4.78 is 5.85. The van der Waals surface area contributed by atoms with Gasteiger partial charge in [-0.1, -0.05) is 25.4 Å². The van der Waals surface area contributed by atoms with Crippen LogP contribution in [0.15, 0.2) is 4.42 Å². The van der Waals surface area contributed by atoms with Crippen molar-refractivity contribution >= 4 is 6.01 Å². The van der Waals surface area contributed by atoms with Gasteiger partial charge in [0.2, 0.25) is 5.89 Å². The maximum absolute atomic E-state index is 5.85. The number of nitrogens with one attached hydrogen (secondary N) is 1. The fraction of sp³-hybridized carbons (Fsp3) is 0.875. The number of rotatable bonds is 7. The predicted octanol–water partition coefficient (Wildman–Crippen LogP) is 3.54. The van der Waals surface area contributed by atoms with Gasteiger partial charge >= 0.3 is 6.01 Å². The van der Waals surface area contributed by atoms with E-state index in [9.17, 15) is 0 Å². The summed E-state index contributed by atoms with van der Waals surface area (Å²) >= 11 is 0. The van der Waals surface area contributed by atoms with Crippen LogP contribution >= 0.6 is 0 Å². The second-order valence-corrected chi connectivity index (χ2v) is 6.29. The molecule has 0 amide bonds. The van der Waals surface area contributed by atoms with Crippen molar-refractivity contribution in [1.82, 2.24) is 15.5 Å². The summed E-state index contributed by atoms with van der Waals surface area (Å²) in [6.07, 6.45) is 7.52. The number of hydrogen-bond acceptors (Lipinski definition) is 5. The van der Waals surface area contributed by atoms with Crippen LogP contribution in [0.2, 0.25) is 0 Å². The maximum atomic E-state index is 5.85. The van der Waals surface area contributed by atoms with Gasteiger partial charge in [-0.15, -0.1) is 5.10 Å². The van der Waals surface area contributed by atoms with Gasteiger partial charge in [0.05, 0.1) is 6.04 Å². The summed E-state index contributed by atoms with van der Waals surface area (Å²) in [5.41, 5.74) is 0. The Kier molecular flexibility index (Phi) is 6.03. The average molecular weight is 294 g/mol. The lowest BCUT2D eigenvalue weighted by Crippen LogP contribution is -2.35. The molecule has 120 valence electrons. The Balaban J connectivity index is 1.91. The minimum Gasteiger partial charge on any atom is -0.406 e. The van der Waals surface area contributed by atoms with Gasteiger partial charge in [0, 0.05) is 13.1 Å². The summed E-state index contributed by atoms with van der Waals surface area (Å²) in [5, 5.41) is 11.8. The molecular weight excluding hydrogens is 264 g/mol. The SMILES string of the molecule is CCCNC(C)c1nnc(N(C)C2CCC(CC)CC2)o1. The standard InChI is InChI=1S/C16H30N4O/c1-5-11-17-12(3)15-18-19-16(21-15)20(4)14-9-7-13(6-2)8-10-14/h12-14,17H,5-11H2,1-4H3. The van der Waals surface area contributed by atoms with Crippen LogP contribution in [0.25, 0.3) is 0 Å². The first-order chi connectivity index (χ1) is 10.2. The Morgan fingerprint density at radius 3 is 2.57 bits per heavy atom. The lowest BCUT2D eigenvalue weighted by molar-refractivity contribution is 0.305. The molecule has 1 fully saturated rings. The van der Waals surface area contributed by atoms with Crippen molar-refractivity contribution < 1.29 is 4.42 Å². The van der Waals surface area contributed by atoms with E-state index in [0.29, 0.717) is 17.9 Å². The van der Waals surface area contributed by atoms with Crippen molar-refractivity contribution in [2.75, 3.05) is 18.5 Å². The second-order valence-electron chi connectivity index (χ2n) is 6.29. The van der Waals surface area contributed by atoms with E-state index in [-0.39, 0.29) is 6.04 Å². The Bertz CT molecular complexity index is 412. The highest BCUT2D eigenvalue weighted by Crippen LogP contribution is 2.31. The molecule has 2 rings (SSSR count). The van der Waals surface area contributed by atoms with Gasteiger partial charge in [0.1, 0.15) is 0 Å². The smallest absolute Gasteiger partial charge is 0.318 e. The molecule has 0 aliphatic heterocycles. The Labute approximate surface area is 128 Å². The Morgan fingerprint density at radius 1 is 1.24 bits per heavy atom. The first kappa shape index (κ1) is 16.3. The maximum Gasteiger partial charge on any atom is 0.318 e. The van der Waals surface area contributed by atoms with Crippen molar-refractivity contribution in [3.8, 4) is 0 Å². The zero-order valence-electron chi connectivity index (χ0n) is 13.9. The molecule has 5 nitrogen and oxygen atoms in total. The molecule has 0 radical (unpaired) electrons. The van der Waals surface area contributed by atoms with Gasteiger partial charge < -0.3 is 14.6 Å². The number of hydrogen-bond donors (Lipinski definition) is 1. The fourth-order valence-electron chi connectivity index (χ4n) is 3.09. The number of nitrogens with zero attached hydrogens (tertiary/aromatic N) is 3. The van der Waals surface area contributed by atoms with E-state index >= 15 is 0 Å². The van der Waals surface area contributed by atoms with E-state index in [0.717, 1.165) is 18.9 Å². The van der Waals surface area contributed by atoms with Gasteiger partial charge in [0.25, 0.3) is 0 Å². The molecule has 1 aliphatic carbocycles. The van der Waals surface area contributed by atoms with Crippen LogP contribution in [0.4, 0.5) is 6.01 Å². The molecule has 1 aromatic heterocycles. The van der Waals surface area contributed by atoms with E-state index in [4.69, 9.17) is 4.42 Å². The molecule has 1 aromatic rings. The molecule has 1 N–H and O–H groups in total. The molecule has 1 atom stereocenters. The van der Waals surface area contributed by atoms with Crippen LogP contribution in [-0.2, 0) is 0 Å². The van der Waals surface area contributed by atoms with Crippen molar-refractivity contribution in [3.63, 3.8) is 0 Å². The molecule has 0 saturated heterocycles. The van der Waals surface area contributed by atoms with Gasteiger partial charge in [-0.2, -0.15) is 0 Å². The number of aromatic nitrogens is 2. The van der Waals surface area contributed by atoms with Gasteiger partial charge in [-0.25, -0.2) is 0 Å². The first-order valence-corrected chi connectivity index (χ1v) is 8.45. The molecule has 0 bridgehead atoms. The lowest BCUT2D eigenvalue weighted by Gasteiger charge is -2.33. The highest BCUT2D eigenvalue weighted by molar-refractivity contribution is 5.25. The third kappa shape index (κ3) is 4.19. The van der Waals surface area contributed by atoms with E-state index in [1.807, 2.05) is 0 Å². The average Bonchev–Trinajstić information content (AvgIpc) is 3.02. The molecule has 0 spiro atoms. The van der Waals surface area contributed by atoms with E-state index in [1.54, 1.807) is 0 Å². The van der Waals surface area contributed by atoms with E-state index < -0.39 is 0 Å². The minimum atomic E-state index is 0.121. The highest BCUT2D eigenvalue weighted by Gasteiger charge is 2.26. The largest absolute Gasteiger partial charge is 0.406 e. The molecular formula is C16H30N4O. The summed E-state index contributed by atoms with van der Waals surface area (Å²) in [4.78, 5) is 2.18. The fourth-order valence-corrected chi connectivity index (χ4v) is 3.09. The Morgan fingerprint density at radius 2 is 1.95 bits per heavy atom. The van der Waals surface area contributed by atoms with E-state index in [1.165, 1.54) is 32.1 Å². The van der Waals surface area contributed by atoms with Crippen molar-refractivity contribution in [2.45, 2.75) is 71.4 Å². The zero-order valence-corrected chi connectivity index (χ0v) is 13.9. The molecule has 1 saturated carbocycles. The normalized spacial score (nSPS) is 24.0. The van der Waals surface area contributed by atoms with E-state index in [2.05, 4.69) is 48.2 Å². The zero-order chi connectivity index (χ0) is 15.2. The monoisotopic (exact) mass is 294 g/mol. The van der Waals surface area contributed by atoms with Crippen LogP contribution in [0, 0.1) is 5.92 Å². The molecule has 1 heterocycles. The highest BCUT2D eigenvalue weighted by atomic mass is 16.4. The minimum absolute atomic E-state index is 0.121. The summed E-state index contributed by atoms with van der Waals surface area (Å²) in [7, 11) is 2.08. The van der Waals surface area contributed by atoms with Crippen LogP contribution in [0.5, 0.6) is 0 Å². The molecule has 0 aromatic carbocycles. The van der Waals surface area contributed by atoms with Crippen LogP contribution < -0.4 is 10.2 Å². The van der Waals surface area contributed by atoms with Crippen LogP contribution in [0.3, 0.4) is 0 Å². The lowest BCUT2D eigenvalue weighted by atomic mass is 9.84. The molecule has 5 heteroatoms. The topological polar surface area (TPSA) is 54.2 Å². The third-order valence-corrected chi connectivity index (χ3v) is 4.74. The third-order valence-electron chi connectivity index (χ3n) is 4.74. The summed E-state index contributed by atoms with van der Waals surface area (Å²) in [5.74, 6) is 1.60. The van der Waals surface area contributed by atoms with Crippen LogP contribution in [-0.4, -0.2) is 29.8 Å². The summed E-state index contributed by atoms with van der Waals surface area (Å²) in [6, 6.07) is 1.32.